The topological polar surface area (TPSA) is 307 Å². The number of carbonyl (C=O) groups is 1. The minimum absolute atomic E-state index is 0.230. The average Bonchev–Trinajstić information content (AvgIpc) is 0.779. The molecule has 0 aromatic carbocycles. The largest absolute Gasteiger partial charge is 0.394 e. The first-order valence-corrected chi connectivity index (χ1v) is 47.8. The lowest BCUT2D eigenvalue weighted by atomic mass is 9.96. The third kappa shape index (κ3) is 51.1. The highest BCUT2D eigenvalue weighted by Crippen LogP contribution is 2.34. The number of unbranched alkanes of at least 4 members (excludes halogenated alkanes) is 64. The Morgan fingerprint density at radius 2 is 0.514 bits per heavy atom. The van der Waals surface area contributed by atoms with Crippen LogP contribution in [-0.2, 0) is 33.2 Å². The first kappa shape index (κ1) is 104. The second kappa shape index (κ2) is 72.8. The third-order valence-electron chi connectivity index (χ3n) is 24.4. The van der Waals surface area contributed by atoms with E-state index in [1.165, 1.54) is 372 Å². The molecule has 3 heterocycles. The number of nitrogens with one attached hydrogen (secondary N) is 1. The SMILES string of the molecule is CCCCCCCCCCCCCCCCCCCCCCCCCCCCCCCCCCCCCCCC(=O)NC(COC1OC(CO)C(OC2OC(CO)C(OC3OC(CO)C(O)C(O)C3O)C(O)C2O)C(O)C1O)C(O)CCCCCCCCCCCCCCCCCCCCCCCCCCCCCCC. The minimum Gasteiger partial charge on any atom is -0.394 e. The molecule has 3 saturated heterocycles. The van der Waals surface area contributed by atoms with E-state index in [0.717, 1.165) is 44.9 Å². The van der Waals surface area contributed by atoms with Crippen LogP contribution in [0.3, 0.4) is 0 Å². The molecule has 17 unspecified atom stereocenters. The van der Waals surface area contributed by atoms with Crippen molar-refractivity contribution in [2.75, 3.05) is 26.4 Å². The van der Waals surface area contributed by atoms with Crippen molar-refractivity contribution in [2.45, 2.75) is 555 Å². The molecule has 19 heteroatoms. The molecule has 0 bridgehead atoms. The van der Waals surface area contributed by atoms with E-state index in [-0.39, 0.29) is 18.9 Å². The van der Waals surface area contributed by atoms with Crippen molar-refractivity contribution in [1.82, 2.24) is 5.32 Å². The van der Waals surface area contributed by atoms with Gasteiger partial charge in [-0.05, 0) is 12.8 Å². The first-order chi connectivity index (χ1) is 54.3. The van der Waals surface area contributed by atoms with Crippen LogP contribution in [0.2, 0.25) is 0 Å². The van der Waals surface area contributed by atoms with Crippen molar-refractivity contribution in [3.63, 3.8) is 0 Å². The molecule has 0 aliphatic carbocycles. The molecule has 12 N–H and O–H groups in total. The van der Waals surface area contributed by atoms with Gasteiger partial charge < -0.3 is 89.9 Å². The smallest absolute Gasteiger partial charge is 0.220 e. The second-order valence-electron chi connectivity index (χ2n) is 34.6. The summed E-state index contributed by atoms with van der Waals surface area (Å²) in [5.41, 5.74) is 0. The van der Waals surface area contributed by atoms with Gasteiger partial charge in [0.2, 0.25) is 5.91 Å². The number of rotatable bonds is 80. The summed E-state index contributed by atoms with van der Waals surface area (Å²) in [6.07, 6.45) is 62.4. The summed E-state index contributed by atoms with van der Waals surface area (Å²) in [6, 6.07) is -0.885. The highest BCUT2D eigenvalue weighted by molar-refractivity contribution is 5.76. The van der Waals surface area contributed by atoms with E-state index < -0.39 is 124 Å². The Bertz CT molecular complexity index is 2000. The number of hydrogen-bond acceptors (Lipinski definition) is 18. The van der Waals surface area contributed by atoms with Gasteiger partial charge in [0.1, 0.15) is 73.2 Å². The van der Waals surface area contributed by atoms with Gasteiger partial charge in [-0.25, -0.2) is 0 Å². The van der Waals surface area contributed by atoms with Crippen molar-refractivity contribution in [3.05, 3.63) is 0 Å². The van der Waals surface area contributed by atoms with Crippen LogP contribution in [-0.4, -0.2) is 193 Å². The summed E-state index contributed by atoms with van der Waals surface area (Å²) >= 11 is 0. The van der Waals surface area contributed by atoms with Gasteiger partial charge >= 0.3 is 0 Å². The average molecular weight is 1590 g/mol. The van der Waals surface area contributed by atoms with Gasteiger partial charge in [-0.15, -0.1) is 0 Å². The third-order valence-corrected chi connectivity index (χ3v) is 24.4. The lowest BCUT2D eigenvalue weighted by Crippen LogP contribution is -2.66. The van der Waals surface area contributed by atoms with Gasteiger partial charge in [0.15, 0.2) is 18.9 Å². The molecule has 17 atom stereocenters. The van der Waals surface area contributed by atoms with Crippen LogP contribution in [0.5, 0.6) is 0 Å². The van der Waals surface area contributed by atoms with Crippen molar-refractivity contribution in [2.24, 2.45) is 0 Å². The summed E-state index contributed by atoms with van der Waals surface area (Å²) in [6.45, 7) is 1.90. The van der Waals surface area contributed by atoms with Crippen molar-refractivity contribution < 1.29 is 89.4 Å². The lowest BCUT2D eigenvalue weighted by Gasteiger charge is -2.48. The highest BCUT2D eigenvalue weighted by atomic mass is 16.8. The van der Waals surface area contributed by atoms with E-state index in [1.54, 1.807) is 0 Å². The van der Waals surface area contributed by atoms with Gasteiger partial charge in [0, 0.05) is 6.42 Å². The van der Waals surface area contributed by atoms with Gasteiger partial charge in [-0.3, -0.25) is 4.79 Å². The molecule has 0 aromatic rings. The van der Waals surface area contributed by atoms with E-state index in [9.17, 15) is 61.0 Å². The monoisotopic (exact) mass is 1590 g/mol. The molecule has 0 spiro atoms. The molecule has 0 aromatic heterocycles. The standard InChI is InChI=1S/C92H179NO18/c1-3-5-7-9-11-13-15-17-19-21-23-25-27-29-31-33-34-35-36-37-38-39-40-42-44-46-48-50-52-54-56-58-60-62-64-66-68-70-80(98)93-75(76(97)69-67-65-63-61-59-57-55-53-51-49-47-45-43-41-32-30-28-26-24-22-20-18-16-14-12-10-8-6-4-2)74-106-90-86(104)83(101)88(78(72-95)108-90)111-92-87(105)84(102)89(79(73-96)109-92)110-91-85(103)82(100)81(99)77(71-94)107-91/h75-79,81-92,94-97,99-105H,3-74H2,1-2H3,(H,93,98). The van der Waals surface area contributed by atoms with Crippen LogP contribution in [0.15, 0.2) is 0 Å². The molecule has 111 heavy (non-hydrogen) atoms. The number of carbonyl (C=O) groups excluding carboxylic acids is 1. The van der Waals surface area contributed by atoms with Crippen molar-refractivity contribution >= 4 is 5.91 Å². The van der Waals surface area contributed by atoms with Gasteiger partial charge in [-0.2, -0.15) is 0 Å². The minimum atomic E-state index is -1.97. The fraction of sp³-hybridized carbons (Fsp3) is 0.989. The van der Waals surface area contributed by atoms with E-state index >= 15 is 0 Å². The van der Waals surface area contributed by atoms with Gasteiger partial charge in [0.05, 0.1) is 38.6 Å². The molecule has 0 radical (unpaired) electrons. The Hall–Kier alpha value is -1.21. The molecule has 3 fully saturated rings. The molecule has 660 valence electrons. The van der Waals surface area contributed by atoms with Crippen LogP contribution in [0.1, 0.15) is 450 Å². The summed E-state index contributed by atoms with van der Waals surface area (Å²) in [5.74, 6) is -0.230. The van der Waals surface area contributed by atoms with Crippen molar-refractivity contribution in [3.8, 4) is 0 Å². The Balaban J connectivity index is 1.29. The summed E-state index contributed by atoms with van der Waals surface area (Å²) in [7, 11) is 0. The molecule has 0 saturated carbocycles. The van der Waals surface area contributed by atoms with Crippen LogP contribution in [0.4, 0.5) is 0 Å². The predicted molar refractivity (Wildman–Crippen MR) is 448 cm³/mol. The van der Waals surface area contributed by atoms with Gasteiger partial charge in [-0.1, -0.05) is 431 Å². The Kier molecular flexibility index (Phi) is 68.2. The molecular weight excluding hydrogens is 1410 g/mol. The van der Waals surface area contributed by atoms with Crippen LogP contribution < -0.4 is 5.32 Å². The number of aliphatic hydroxyl groups is 11. The summed E-state index contributed by atoms with van der Waals surface area (Å²) < 4.78 is 34.6. The maximum absolute atomic E-state index is 13.6. The molecule has 19 nitrogen and oxygen atoms in total. The van der Waals surface area contributed by atoms with E-state index in [4.69, 9.17) is 28.4 Å². The quantitative estimate of drug-likeness (QED) is 0.0252. The fourth-order valence-corrected chi connectivity index (χ4v) is 16.9. The highest BCUT2D eigenvalue weighted by Gasteiger charge is 2.54. The maximum Gasteiger partial charge on any atom is 0.220 e. The normalized spacial score (nSPS) is 24.9. The molecular formula is C92H179NO18. The molecule has 1 amide bonds. The zero-order chi connectivity index (χ0) is 80.3. The molecule has 3 rings (SSSR count). The van der Waals surface area contributed by atoms with E-state index in [2.05, 4.69) is 19.2 Å². The molecule has 3 aliphatic rings. The Morgan fingerprint density at radius 3 is 0.784 bits per heavy atom. The number of hydrogen-bond donors (Lipinski definition) is 12. The van der Waals surface area contributed by atoms with Gasteiger partial charge in [0.25, 0.3) is 0 Å². The fourth-order valence-electron chi connectivity index (χ4n) is 16.9. The van der Waals surface area contributed by atoms with Crippen molar-refractivity contribution in [1.29, 1.82) is 0 Å². The number of aliphatic hydroxyl groups excluding tert-OH is 11. The maximum atomic E-state index is 13.6. The Morgan fingerprint density at radius 1 is 0.288 bits per heavy atom. The zero-order valence-corrected chi connectivity index (χ0v) is 71.5. The Labute approximate surface area is 678 Å². The molecule has 3 aliphatic heterocycles. The van der Waals surface area contributed by atoms with Crippen LogP contribution >= 0.6 is 0 Å². The second-order valence-corrected chi connectivity index (χ2v) is 34.6. The first-order valence-electron chi connectivity index (χ1n) is 47.8. The summed E-state index contributed by atoms with van der Waals surface area (Å²) in [4.78, 5) is 13.6. The van der Waals surface area contributed by atoms with Crippen LogP contribution in [0, 0.1) is 0 Å². The number of amides is 1. The summed E-state index contributed by atoms with van der Waals surface area (Å²) in [5, 5.41) is 121. The van der Waals surface area contributed by atoms with E-state index in [0.29, 0.717) is 12.8 Å². The zero-order valence-electron chi connectivity index (χ0n) is 71.5. The van der Waals surface area contributed by atoms with Crippen LogP contribution in [0.25, 0.3) is 0 Å². The van der Waals surface area contributed by atoms with E-state index in [1.807, 2.05) is 0 Å². The predicted octanol–water partition coefficient (Wildman–Crippen LogP) is 18.9. The lowest BCUT2D eigenvalue weighted by molar-refractivity contribution is -0.379. The number of ether oxygens (including phenoxy) is 6.